The zero-order valence-corrected chi connectivity index (χ0v) is 10.1. The minimum Gasteiger partial charge on any atom is -0.396 e. The first kappa shape index (κ1) is 12.0. The van der Waals surface area contributed by atoms with Crippen LogP contribution in [-0.2, 0) is 0 Å². The molecule has 0 aromatic rings. The van der Waals surface area contributed by atoms with Crippen LogP contribution in [0.25, 0.3) is 0 Å². The molecular formula is C12H25NO. The molecule has 0 aromatic heterocycles. The maximum Gasteiger partial charge on any atom is 0.0472 e. The maximum absolute atomic E-state index is 9.17. The molecule has 0 spiro atoms. The molecule has 0 aliphatic carbocycles. The van der Waals surface area contributed by atoms with Crippen LogP contribution < -0.4 is 0 Å². The van der Waals surface area contributed by atoms with Gasteiger partial charge in [-0.2, -0.15) is 0 Å². The minimum absolute atomic E-state index is 0.294. The lowest BCUT2D eigenvalue weighted by molar-refractivity contribution is 0.164. The monoisotopic (exact) mass is 199 g/mol. The first-order valence-electron chi connectivity index (χ1n) is 5.81. The molecule has 1 saturated heterocycles. The van der Waals surface area contributed by atoms with Gasteiger partial charge in [0.25, 0.3) is 0 Å². The van der Waals surface area contributed by atoms with Crippen molar-refractivity contribution in [2.75, 3.05) is 19.7 Å². The van der Waals surface area contributed by atoms with E-state index in [0.717, 1.165) is 18.9 Å². The Bertz CT molecular complexity index is 177. The molecule has 2 nitrogen and oxygen atoms in total. The van der Waals surface area contributed by atoms with Crippen molar-refractivity contribution < 1.29 is 5.11 Å². The van der Waals surface area contributed by atoms with E-state index in [1.165, 1.54) is 13.0 Å². The molecule has 0 amide bonds. The van der Waals surface area contributed by atoms with E-state index in [-0.39, 0.29) is 0 Å². The smallest absolute Gasteiger partial charge is 0.0472 e. The van der Waals surface area contributed by atoms with Crippen LogP contribution in [0.5, 0.6) is 0 Å². The van der Waals surface area contributed by atoms with Gasteiger partial charge in [0.2, 0.25) is 0 Å². The summed E-state index contributed by atoms with van der Waals surface area (Å²) in [6, 6.07) is 0. The molecule has 1 aliphatic heterocycles. The van der Waals surface area contributed by atoms with Crippen molar-refractivity contribution in [2.45, 2.75) is 46.1 Å². The van der Waals surface area contributed by atoms with Crippen LogP contribution >= 0.6 is 0 Å². The van der Waals surface area contributed by atoms with E-state index >= 15 is 0 Å². The second-order valence-electron chi connectivity index (χ2n) is 5.69. The second kappa shape index (κ2) is 4.63. The van der Waals surface area contributed by atoms with Crippen molar-refractivity contribution in [3.05, 3.63) is 0 Å². The van der Waals surface area contributed by atoms with Crippen LogP contribution in [0.3, 0.4) is 0 Å². The van der Waals surface area contributed by atoms with Crippen LogP contribution in [-0.4, -0.2) is 35.2 Å². The molecule has 0 bridgehead atoms. The van der Waals surface area contributed by atoms with E-state index in [1.54, 1.807) is 0 Å². The maximum atomic E-state index is 9.17. The third-order valence-electron chi connectivity index (χ3n) is 3.36. The van der Waals surface area contributed by atoms with Gasteiger partial charge < -0.3 is 5.11 Å². The lowest BCUT2D eigenvalue weighted by Crippen LogP contribution is -2.39. The van der Waals surface area contributed by atoms with E-state index in [9.17, 15) is 0 Å². The summed E-state index contributed by atoms with van der Waals surface area (Å²) in [4.78, 5) is 2.54. The number of hydrogen-bond donors (Lipinski definition) is 1. The molecule has 1 N–H and O–H groups in total. The molecule has 1 rings (SSSR count). The SMILES string of the molecule is CC(C)CCN1CC(CO)CC1(C)C. The van der Waals surface area contributed by atoms with Gasteiger partial charge in [-0.05, 0) is 45.1 Å². The van der Waals surface area contributed by atoms with Crippen molar-refractivity contribution in [3.63, 3.8) is 0 Å². The second-order valence-corrected chi connectivity index (χ2v) is 5.69. The number of aliphatic hydroxyl groups is 1. The summed E-state index contributed by atoms with van der Waals surface area (Å²) in [6.07, 6.45) is 2.41. The molecule has 1 atom stereocenters. The first-order valence-corrected chi connectivity index (χ1v) is 5.81. The molecule has 84 valence electrons. The van der Waals surface area contributed by atoms with Gasteiger partial charge in [0.05, 0.1) is 0 Å². The largest absolute Gasteiger partial charge is 0.396 e. The number of nitrogens with zero attached hydrogens (tertiary/aromatic N) is 1. The summed E-state index contributed by atoms with van der Waals surface area (Å²) in [6.45, 7) is 11.7. The fourth-order valence-corrected chi connectivity index (χ4v) is 2.39. The van der Waals surface area contributed by atoms with Gasteiger partial charge in [0.1, 0.15) is 0 Å². The zero-order valence-electron chi connectivity index (χ0n) is 10.1. The molecule has 1 aliphatic rings. The first-order chi connectivity index (χ1) is 6.45. The van der Waals surface area contributed by atoms with Gasteiger partial charge in [0, 0.05) is 18.7 Å². The van der Waals surface area contributed by atoms with Gasteiger partial charge >= 0.3 is 0 Å². The van der Waals surface area contributed by atoms with Gasteiger partial charge in [0.15, 0.2) is 0 Å². The Morgan fingerprint density at radius 2 is 2.07 bits per heavy atom. The number of likely N-dealkylation sites (tertiary alicyclic amines) is 1. The highest BCUT2D eigenvalue weighted by molar-refractivity contribution is 4.92. The molecule has 0 radical (unpaired) electrons. The molecule has 2 heteroatoms. The van der Waals surface area contributed by atoms with Crippen LogP contribution in [0.15, 0.2) is 0 Å². The summed E-state index contributed by atoms with van der Waals surface area (Å²) < 4.78 is 0. The summed E-state index contributed by atoms with van der Waals surface area (Å²) in [7, 11) is 0. The van der Waals surface area contributed by atoms with Crippen molar-refractivity contribution in [3.8, 4) is 0 Å². The molecule has 1 fully saturated rings. The van der Waals surface area contributed by atoms with E-state index in [0.29, 0.717) is 18.1 Å². The lowest BCUT2D eigenvalue weighted by Gasteiger charge is -2.31. The van der Waals surface area contributed by atoms with E-state index in [4.69, 9.17) is 5.11 Å². The predicted octanol–water partition coefficient (Wildman–Crippen LogP) is 2.13. The number of rotatable bonds is 4. The third-order valence-corrected chi connectivity index (χ3v) is 3.36. The normalized spacial score (nSPS) is 27.4. The molecule has 14 heavy (non-hydrogen) atoms. The fraction of sp³-hybridized carbons (Fsp3) is 1.00. The Kier molecular flexibility index (Phi) is 3.96. The summed E-state index contributed by atoms with van der Waals surface area (Å²) in [5.41, 5.74) is 0.294. The van der Waals surface area contributed by atoms with E-state index in [2.05, 4.69) is 32.6 Å². The van der Waals surface area contributed by atoms with Crippen LogP contribution in [0.2, 0.25) is 0 Å². The Morgan fingerprint density at radius 1 is 1.43 bits per heavy atom. The Labute approximate surface area is 88.3 Å². The number of hydrogen-bond acceptors (Lipinski definition) is 2. The summed E-state index contributed by atoms with van der Waals surface area (Å²) >= 11 is 0. The molecule has 1 unspecified atom stereocenters. The fourth-order valence-electron chi connectivity index (χ4n) is 2.39. The van der Waals surface area contributed by atoms with E-state index in [1.807, 2.05) is 0 Å². The van der Waals surface area contributed by atoms with Crippen LogP contribution in [0, 0.1) is 11.8 Å². The average Bonchev–Trinajstić information content (AvgIpc) is 2.37. The van der Waals surface area contributed by atoms with Gasteiger partial charge in [-0.3, -0.25) is 4.90 Å². The topological polar surface area (TPSA) is 23.5 Å². The highest BCUT2D eigenvalue weighted by Crippen LogP contribution is 2.32. The Balaban J connectivity index is 2.44. The van der Waals surface area contributed by atoms with Crippen molar-refractivity contribution in [2.24, 2.45) is 11.8 Å². The standard InChI is InChI=1S/C12H25NO/c1-10(2)5-6-13-8-11(9-14)7-12(13,3)4/h10-11,14H,5-9H2,1-4H3. The molecular weight excluding hydrogens is 174 g/mol. The Hall–Kier alpha value is -0.0800. The van der Waals surface area contributed by atoms with Crippen LogP contribution in [0.4, 0.5) is 0 Å². The molecule has 1 heterocycles. The average molecular weight is 199 g/mol. The quantitative estimate of drug-likeness (QED) is 0.749. The third kappa shape index (κ3) is 2.96. The number of aliphatic hydroxyl groups excluding tert-OH is 1. The van der Waals surface area contributed by atoms with Crippen LogP contribution in [0.1, 0.15) is 40.5 Å². The minimum atomic E-state index is 0.294. The van der Waals surface area contributed by atoms with Gasteiger partial charge in [-0.1, -0.05) is 13.8 Å². The Morgan fingerprint density at radius 3 is 2.50 bits per heavy atom. The summed E-state index contributed by atoms with van der Waals surface area (Å²) in [5.74, 6) is 1.27. The van der Waals surface area contributed by atoms with Crippen molar-refractivity contribution in [1.82, 2.24) is 4.90 Å². The van der Waals surface area contributed by atoms with Crippen molar-refractivity contribution >= 4 is 0 Å². The highest BCUT2D eigenvalue weighted by Gasteiger charge is 2.37. The predicted molar refractivity (Wildman–Crippen MR) is 60.3 cm³/mol. The highest BCUT2D eigenvalue weighted by atomic mass is 16.3. The van der Waals surface area contributed by atoms with Crippen molar-refractivity contribution in [1.29, 1.82) is 0 Å². The lowest BCUT2D eigenvalue weighted by atomic mass is 9.97. The van der Waals surface area contributed by atoms with Gasteiger partial charge in [-0.25, -0.2) is 0 Å². The zero-order chi connectivity index (χ0) is 10.8. The van der Waals surface area contributed by atoms with E-state index < -0.39 is 0 Å². The molecule has 0 aromatic carbocycles. The van der Waals surface area contributed by atoms with Gasteiger partial charge in [-0.15, -0.1) is 0 Å². The summed E-state index contributed by atoms with van der Waals surface area (Å²) in [5, 5.41) is 9.17. The molecule has 0 saturated carbocycles.